The van der Waals surface area contributed by atoms with Crippen LogP contribution in [0.2, 0.25) is 0 Å². The molecule has 0 unspecified atom stereocenters. The first-order valence-corrected chi connectivity index (χ1v) is 6.11. The standard InChI is InChI=1S/C12H11NO3S/c14-11-8-17-6-5-13(11)7-9-1-3-10(4-2-9)12(15)16/h1-6H,7-8H2,(H,15,16). The Labute approximate surface area is 103 Å². The van der Waals surface area contributed by atoms with Gasteiger partial charge in [-0.1, -0.05) is 12.1 Å². The SMILES string of the molecule is O=C(O)c1ccc(CN2C=CSCC2=O)cc1. The zero-order valence-corrected chi connectivity index (χ0v) is 9.81. The molecule has 0 radical (unpaired) electrons. The molecule has 1 aliphatic heterocycles. The summed E-state index contributed by atoms with van der Waals surface area (Å²) in [5.41, 5.74) is 1.17. The third-order valence-corrected chi connectivity index (χ3v) is 3.15. The van der Waals surface area contributed by atoms with E-state index in [1.165, 1.54) is 11.8 Å². The maximum atomic E-state index is 11.5. The molecule has 88 valence electrons. The molecule has 0 aromatic heterocycles. The summed E-state index contributed by atoms with van der Waals surface area (Å²) in [7, 11) is 0. The molecule has 5 heteroatoms. The number of benzene rings is 1. The normalized spacial score (nSPS) is 15.1. The van der Waals surface area contributed by atoms with Crippen LogP contribution in [0.4, 0.5) is 0 Å². The highest BCUT2D eigenvalue weighted by Crippen LogP contribution is 2.15. The fourth-order valence-electron chi connectivity index (χ4n) is 1.49. The Hall–Kier alpha value is -1.75. The van der Waals surface area contributed by atoms with E-state index in [0.717, 1.165) is 5.56 Å². The Morgan fingerprint density at radius 2 is 2.06 bits per heavy atom. The summed E-state index contributed by atoms with van der Waals surface area (Å²) in [5.74, 6) is -0.411. The molecule has 17 heavy (non-hydrogen) atoms. The predicted molar refractivity (Wildman–Crippen MR) is 65.5 cm³/mol. The molecule has 1 aliphatic rings. The Balaban J connectivity index is 2.08. The van der Waals surface area contributed by atoms with Crippen LogP contribution in [0, 0.1) is 0 Å². The smallest absolute Gasteiger partial charge is 0.335 e. The van der Waals surface area contributed by atoms with Crippen LogP contribution < -0.4 is 0 Å². The third kappa shape index (κ3) is 2.88. The van der Waals surface area contributed by atoms with Crippen LogP contribution in [-0.4, -0.2) is 27.6 Å². The monoisotopic (exact) mass is 249 g/mol. The minimum atomic E-state index is -0.943. The molecule has 0 saturated carbocycles. The van der Waals surface area contributed by atoms with E-state index >= 15 is 0 Å². The fraction of sp³-hybridized carbons (Fsp3) is 0.167. The van der Waals surface area contributed by atoms with Gasteiger partial charge in [-0.25, -0.2) is 4.79 Å². The number of aromatic carboxylic acids is 1. The minimum absolute atomic E-state index is 0.0693. The molecule has 1 N–H and O–H groups in total. The van der Waals surface area contributed by atoms with Crippen molar-refractivity contribution in [1.29, 1.82) is 0 Å². The summed E-state index contributed by atoms with van der Waals surface area (Å²) < 4.78 is 0. The maximum absolute atomic E-state index is 11.5. The van der Waals surface area contributed by atoms with Crippen LogP contribution in [0.3, 0.4) is 0 Å². The highest BCUT2D eigenvalue weighted by atomic mass is 32.2. The van der Waals surface area contributed by atoms with Crippen molar-refractivity contribution in [1.82, 2.24) is 4.90 Å². The molecular weight excluding hydrogens is 238 g/mol. The van der Waals surface area contributed by atoms with Crippen LogP contribution in [0.25, 0.3) is 0 Å². The molecule has 0 spiro atoms. The van der Waals surface area contributed by atoms with E-state index in [9.17, 15) is 9.59 Å². The lowest BCUT2D eigenvalue weighted by Gasteiger charge is -2.21. The molecule has 1 heterocycles. The van der Waals surface area contributed by atoms with Crippen molar-refractivity contribution in [3.05, 3.63) is 47.0 Å². The van der Waals surface area contributed by atoms with Crippen LogP contribution in [0.1, 0.15) is 15.9 Å². The largest absolute Gasteiger partial charge is 0.478 e. The highest BCUT2D eigenvalue weighted by Gasteiger charge is 2.14. The zero-order valence-electron chi connectivity index (χ0n) is 9.00. The van der Waals surface area contributed by atoms with Crippen molar-refractivity contribution < 1.29 is 14.7 Å². The molecular formula is C12H11NO3S. The van der Waals surface area contributed by atoms with Gasteiger partial charge in [-0.2, -0.15) is 0 Å². The summed E-state index contributed by atoms with van der Waals surface area (Å²) >= 11 is 1.47. The van der Waals surface area contributed by atoms with Crippen LogP contribution in [0.15, 0.2) is 35.9 Å². The summed E-state index contributed by atoms with van der Waals surface area (Å²) in [6.07, 6.45) is 1.75. The van der Waals surface area contributed by atoms with Crippen molar-refractivity contribution >= 4 is 23.6 Å². The van der Waals surface area contributed by atoms with Gasteiger partial charge in [-0.05, 0) is 23.1 Å². The van der Waals surface area contributed by atoms with Gasteiger partial charge in [0.1, 0.15) is 0 Å². The number of amides is 1. The number of hydrogen-bond donors (Lipinski definition) is 1. The van der Waals surface area contributed by atoms with E-state index in [1.807, 2.05) is 5.41 Å². The number of carbonyl (C=O) groups excluding carboxylic acids is 1. The Morgan fingerprint density at radius 3 is 2.65 bits per heavy atom. The first-order chi connectivity index (χ1) is 8.16. The molecule has 1 amide bonds. The molecule has 0 bridgehead atoms. The van der Waals surface area contributed by atoms with Crippen LogP contribution in [-0.2, 0) is 11.3 Å². The predicted octanol–water partition coefficient (Wildman–Crippen LogP) is 1.93. The van der Waals surface area contributed by atoms with Crippen molar-refractivity contribution in [3.8, 4) is 0 Å². The Morgan fingerprint density at radius 1 is 1.35 bits per heavy atom. The molecule has 0 atom stereocenters. The number of carboxylic acid groups (broad SMARTS) is 1. The van der Waals surface area contributed by atoms with Crippen LogP contribution in [0.5, 0.6) is 0 Å². The maximum Gasteiger partial charge on any atom is 0.335 e. The van der Waals surface area contributed by atoms with Gasteiger partial charge >= 0.3 is 5.97 Å². The van der Waals surface area contributed by atoms with Gasteiger partial charge in [0.25, 0.3) is 0 Å². The second-order valence-corrected chi connectivity index (χ2v) is 4.51. The van der Waals surface area contributed by atoms with Gasteiger partial charge in [-0.3, -0.25) is 4.79 Å². The number of thioether (sulfide) groups is 1. The van der Waals surface area contributed by atoms with Gasteiger partial charge < -0.3 is 10.0 Å². The van der Waals surface area contributed by atoms with Gasteiger partial charge in [-0.15, -0.1) is 11.8 Å². The van der Waals surface area contributed by atoms with Crippen molar-refractivity contribution in [3.63, 3.8) is 0 Å². The lowest BCUT2D eigenvalue weighted by atomic mass is 10.1. The van der Waals surface area contributed by atoms with E-state index in [2.05, 4.69) is 0 Å². The number of nitrogens with zero attached hydrogens (tertiary/aromatic N) is 1. The molecule has 0 aliphatic carbocycles. The van der Waals surface area contributed by atoms with Gasteiger partial charge in [0.15, 0.2) is 0 Å². The lowest BCUT2D eigenvalue weighted by Crippen LogP contribution is -2.28. The van der Waals surface area contributed by atoms with Crippen molar-refractivity contribution in [2.75, 3.05) is 5.75 Å². The number of hydrogen-bond acceptors (Lipinski definition) is 3. The molecule has 0 fully saturated rings. The number of rotatable bonds is 3. The zero-order chi connectivity index (χ0) is 12.3. The summed E-state index contributed by atoms with van der Waals surface area (Å²) in [5, 5.41) is 10.6. The summed E-state index contributed by atoms with van der Waals surface area (Å²) in [6, 6.07) is 6.55. The average Bonchev–Trinajstić information content (AvgIpc) is 2.33. The Kier molecular flexibility index (Phi) is 3.49. The fourth-order valence-corrected chi connectivity index (χ4v) is 2.13. The first kappa shape index (κ1) is 11.7. The molecule has 1 aromatic rings. The number of carboxylic acids is 1. The van der Waals surface area contributed by atoms with E-state index in [-0.39, 0.29) is 11.5 Å². The molecule has 1 aromatic carbocycles. The average molecular weight is 249 g/mol. The Bertz CT molecular complexity index is 467. The van der Waals surface area contributed by atoms with E-state index in [1.54, 1.807) is 35.4 Å². The summed E-state index contributed by atoms with van der Waals surface area (Å²) in [6.45, 7) is 0.482. The molecule has 2 rings (SSSR count). The van der Waals surface area contributed by atoms with Gasteiger partial charge in [0.2, 0.25) is 5.91 Å². The minimum Gasteiger partial charge on any atom is -0.478 e. The number of carbonyl (C=O) groups is 2. The van der Waals surface area contributed by atoms with Crippen molar-refractivity contribution in [2.45, 2.75) is 6.54 Å². The van der Waals surface area contributed by atoms with Crippen LogP contribution >= 0.6 is 11.8 Å². The topological polar surface area (TPSA) is 57.6 Å². The van der Waals surface area contributed by atoms with Crippen molar-refractivity contribution in [2.24, 2.45) is 0 Å². The van der Waals surface area contributed by atoms with E-state index in [0.29, 0.717) is 12.3 Å². The quantitative estimate of drug-likeness (QED) is 0.889. The molecule has 4 nitrogen and oxygen atoms in total. The summed E-state index contributed by atoms with van der Waals surface area (Å²) in [4.78, 5) is 23.8. The van der Waals surface area contributed by atoms with E-state index in [4.69, 9.17) is 5.11 Å². The van der Waals surface area contributed by atoms with E-state index < -0.39 is 5.97 Å². The lowest BCUT2D eigenvalue weighted by molar-refractivity contribution is -0.126. The van der Waals surface area contributed by atoms with Gasteiger partial charge in [0.05, 0.1) is 17.9 Å². The molecule has 0 saturated heterocycles. The third-order valence-electron chi connectivity index (χ3n) is 2.42. The van der Waals surface area contributed by atoms with Gasteiger partial charge in [0, 0.05) is 6.20 Å². The first-order valence-electron chi connectivity index (χ1n) is 5.07. The second-order valence-electron chi connectivity index (χ2n) is 3.62. The second kappa shape index (κ2) is 5.05. The highest BCUT2D eigenvalue weighted by molar-refractivity contribution is 8.02.